The molecule has 2 aliphatic rings. The first-order valence-corrected chi connectivity index (χ1v) is 11.9. The lowest BCUT2D eigenvalue weighted by Gasteiger charge is -2.36. The number of hydrogen-bond donors (Lipinski definition) is 2. The van der Waals surface area contributed by atoms with E-state index < -0.39 is 29.6 Å². The van der Waals surface area contributed by atoms with Crippen LogP contribution in [-0.4, -0.2) is 66.4 Å². The van der Waals surface area contributed by atoms with Crippen LogP contribution >= 0.6 is 0 Å². The number of amides is 2. The van der Waals surface area contributed by atoms with E-state index in [2.05, 4.69) is 29.6 Å². The lowest BCUT2D eigenvalue weighted by atomic mass is 9.84. The first kappa shape index (κ1) is 24.7. The number of carbonyl (C=O) groups excluding carboxylic acids is 2. The van der Waals surface area contributed by atoms with Crippen LogP contribution in [0.3, 0.4) is 0 Å². The normalized spacial score (nSPS) is 18.4. The minimum atomic E-state index is -1.10. The molecule has 0 aromatic heterocycles. The van der Waals surface area contributed by atoms with Gasteiger partial charge in [-0.3, -0.25) is 4.79 Å². The number of carboxylic acids is 1. The van der Waals surface area contributed by atoms with Gasteiger partial charge < -0.3 is 24.8 Å². The summed E-state index contributed by atoms with van der Waals surface area (Å²) in [6, 6.07) is 14.7. The van der Waals surface area contributed by atoms with Crippen molar-refractivity contribution >= 4 is 18.0 Å². The molecule has 1 aliphatic heterocycles. The molecule has 1 aliphatic carbocycles. The number of rotatable bonds is 6. The van der Waals surface area contributed by atoms with Gasteiger partial charge in [-0.15, -0.1) is 0 Å². The maximum Gasteiger partial charge on any atom is 0.407 e. The van der Waals surface area contributed by atoms with E-state index in [0.717, 1.165) is 22.3 Å². The molecule has 4 rings (SSSR count). The Morgan fingerprint density at radius 1 is 1.09 bits per heavy atom. The molecule has 2 amide bonds. The molecule has 2 atom stereocenters. The van der Waals surface area contributed by atoms with Crippen LogP contribution in [0.15, 0.2) is 48.5 Å². The van der Waals surface area contributed by atoms with Gasteiger partial charge in [0, 0.05) is 24.9 Å². The Bertz CT molecular complexity index is 1060. The Labute approximate surface area is 205 Å². The van der Waals surface area contributed by atoms with E-state index in [1.807, 2.05) is 45.0 Å². The van der Waals surface area contributed by atoms with Crippen LogP contribution in [0.1, 0.15) is 44.2 Å². The Hall–Kier alpha value is -3.39. The Morgan fingerprint density at radius 2 is 1.69 bits per heavy atom. The van der Waals surface area contributed by atoms with Crippen molar-refractivity contribution in [2.45, 2.75) is 45.2 Å². The molecule has 0 spiro atoms. The number of fused-ring (bicyclic) bond motifs is 3. The van der Waals surface area contributed by atoms with Crippen LogP contribution in [0.25, 0.3) is 11.1 Å². The van der Waals surface area contributed by atoms with E-state index in [-0.39, 0.29) is 44.6 Å². The number of morpholine rings is 1. The standard InChI is InChI=1S/C27H32N2O6/c1-27(2,3)23(14-24(30)29-12-13-34-16-22(29)25(31)32)28-26(33)35-15-21-19-10-6-4-8-17(19)18-9-5-7-11-20(18)21/h4-11,21-23H,12-16H2,1-3H3,(H,28,33)(H,31,32). The van der Waals surface area contributed by atoms with Crippen LogP contribution in [0.2, 0.25) is 0 Å². The molecule has 0 saturated carbocycles. The third kappa shape index (κ3) is 5.32. The number of aliphatic carboxylic acids is 1. The van der Waals surface area contributed by atoms with Crippen molar-refractivity contribution in [1.29, 1.82) is 0 Å². The lowest BCUT2D eigenvalue weighted by Crippen LogP contribution is -2.55. The first-order chi connectivity index (χ1) is 16.7. The number of benzene rings is 2. The van der Waals surface area contributed by atoms with E-state index in [1.165, 1.54) is 4.90 Å². The monoisotopic (exact) mass is 480 g/mol. The number of nitrogens with zero attached hydrogens (tertiary/aromatic N) is 1. The van der Waals surface area contributed by atoms with Crippen molar-refractivity contribution in [2.24, 2.45) is 5.41 Å². The van der Waals surface area contributed by atoms with Gasteiger partial charge in [-0.25, -0.2) is 9.59 Å². The second-order valence-electron chi connectivity index (χ2n) is 10.1. The largest absolute Gasteiger partial charge is 0.480 e. The summed E-state index contributed by atoms with van der Waals surface area (Å²) in [5, 5.41) is 12.3. The molecule has 8 heteroatoms. The number of hydrogen-bond acceptors (Lipinski definition) is 5. The fourth-order valence-corrected chi connectivity index (χ4v) is 4.75. The van der Waals surface area contributed by atoms with Crippen LogP contribution in [0.5, 0.6) is 0 Å². The highest BCUT2D eigenvalue weighted by Crippen LogP contribution is 2.44. The summed E-state index contributed by atoms with van der Waals surface area (Å²) in [6.07, 6.45) is -0.631. The molecule has 1 fully saturated rings. The Balaban J connectivity index is 1.42. The quantitative estimate of drug-likeness (QED) is 0.654. The molecule has 2 N–H and O–H groups in total. The fourth-order valence-electron chi connectivity index (χ4n) is 4.75. The van der Waals surface area contributed by atoms with E-state index in [0.29, 0.717) is 0 Å². The highest BCUT2D eigenvalue weighted by atomic mass is 16.5. The van der Waals surface area contributed by atoms with Crippen LogP contribution < -0.4 is 5.32 Å². The lowest BCUT2D eigenvalue weighted by molar-refractivity contribution is -0.158. The zero-order valence-electron chi connectivity index (χ0n) is 20.3. The summed E-state index contributed by atoms with van der Waals surface area (Å²) in [5.74, 6) is -1.50. The van der Waals surface area contributed by atoms with Gasteiger partial charge in [-0.1, -0.05) is 69.3 Å². The van der Waals surface area contributed by atoms with E-state index in [1.54, 1.807) is 0 Å². The third-order valence-corrected chi connectivity index (χ3v) is 6.79. The number of carboxylic acid groups (broad SMARTS) is 1. The van der Waals surface area contributed by atoms with Crippen molar-refractivity contribution < 1.29 is 29.0 Å². The first-order valence-electron chi connectivity index (χ1n) is 11.9. The minimum Gasteiger partial charge on any atom is -0.480 e. The molecule has 0 radical (unpaired) electrons. The topological polar surface area (TPSA) is 105 Å². The molecule has 8 nitrogen and oxygen atoms in total. The molecule has 2 aromatic carbocycles. The smallest absolute Gasteiger partial charge is 0.407 e. The molecule has 1 saturated heterocycles. The molecule has 0 bridgehead atoms. The summed E-state index contributed by atoms with van der Waals surface area (Å²) < 4.78 is 10.9. The zero-order chi connectivity index (χ0) is 25.2. The summed E-state index contributed by atoms with van der Waals surface area (Å²) >= 11 is 0. The fraction of sp³-hybridized carbons (Fsp3) is 0.444. The van der Waals surface area contributed by atoms with Crippen molar-refractivity contribution in [3.63, 3.8) is 0 Å². The molecule has 186 valence electrons. The highest BCUT2D eigenvalue weighted by Gasteiger charge is 2.37. The molecule has 35 heavy (non-hydrogen) atoms. The number of alkyl carbamates (subject to hydrolysis) is 1. The van der Waals surface area contributed by atoms with Gasteiger partial charge in [0.1, 0.15) is 6.61 Å². The van der Waals surface area contributed by atoms with Crippen LogP contribution in [0, 0.1) is 5.41 Å². The van der Waals surface area contributed by atoms with Crippen molar-refractivity contribution in [3.05, 3.63) is 59.7 Å². The maximum atomic E-state index is 13.0. The van der Waals surface area contributed by atoms with E-state index in [4.69, 9.17) is 9.47 Å². The van der Waals surface area contributed by atoms with Gasteiger partial charge in [0.15, 0.2) is 6.04 Å². The van der Waals surface area contributed by atoms with E-state index >= 15 is 0 Å². The SMILES string of the molecule is CC(C)(C)C(CC(=O)N1CCOCC1C(=O)O)NC(=O)OCC1c2ccccc2-c2ccccc21. The van der Waals surface area contributed by atoms with Gasteiger partial charge in [0.05, 0.1) is 13.2 Å². The maximum absolute atomic E-state index is 13.0. The van der Waals surface area contributed by atoms with Crippen molar-refractivity contribution in [2.75, 3.05) is 26.4 Å². The predicted molar refractivity (Wildman–Crippen MR) is 130 cm³/mol. The van der Waals surface area contributed by atoms with Gasteiger partial charge in [0.25, 0.3) is 0 Å². The number of nitrogens with one attached hydrogen (secondary N) is 1. The highest BCUT2D eigenvalue weighted by molar-refractivity contribution is 5.85. The Morgan fingerprint density at radius 3 is 2.26 bits per heavy atom. The second kappa shape index (κ2) is 10.1. The summed E-state index contributed by atoms with van der Waals surface area (Å²) in [5.41, 5.74) is 4.08. The van der Waals surface area contributed by atoms with Crippen LogP contribution in [0.4, 0.5) is 4.79 Å². The van der Waals surface area contributed by atoms with Gasteiger partial charge in [-0.2, -0.15) is 0 Å². The third-order valence-electron chi connectivity index (χ3n) is 6.79. The average molecular weight is 481 g/mol. The molecule has 2 aromatic rings. The number of carbonyl (C=O) groups is 3. The number of ether oxygens (including phenoxy) is 2. The summed E-state index contributed by atoms with van der Waals surface area (Å²) in [6.45, 7) is 6.39. The average Bonchev–Trinajstić information content (AvgIpc) is 3.15. The summed E-state index contributed by atoms with van der Waals surface area (Å²) in [7, 11) is 0. The Kier molecular flexibility index (Phi) is 7.12. The summed E-state index contributed by atoms with van der Waals surface area (Å²) in [4.78, 5) is 38.7. The van der Waals surface area contributed by atoms with Gasteiger partial charge >= 0.3 is 12.1 Å². The van der Waals surface area contributed by atoms with Crippen molar-refractivity contribution in [1.82, 2.24) is 10.2 Å². The van der Waals surface area contributed by atoms with Crippen LogP contribution in [-0.2, 0) is 19.1 Å². The second-order valence-corrected chi connectivity index (χ2v) is 10.1. The molecule has 2 unspecified atom stereocenters. The van der Waals surface area contributed by atoms with Gasteiger partial charge in [-0.05, 0) is 27.7 Å². The minimum absolute atomic E-state index is 0.0303. The molecule has 1 heterocycles. The molecular weight excluding hydrogens is 448 g/mol. The predicted octanol–water partition coefficient (Wildman–Crippen LogP) is 3.64. The van der Waals surface area contributed by atoms with E-state index in [9.17, 15) is 19.5 Å². The molecular formula is C27H32N2O6. The van der Waals surface area contributed by atoms with Crippen molar-refractivity contribution in [3.8, 4) is 11.1 Å². The zero-order valence-corrected chi connectivity index (χ0v) is 20.3. The van der Waals surface area contributed by atoms with Gasteiger partial charge in [0.2, 0.25) is 5.91 Å².